The Labute approximate surface area is 106 Å². The van der Waals surface area contributed by atoms with Gasteiger partial charge in [0.2, 0.25) is 0 Å². The summed E-state index contributed by atoms with van der Waals surface area (Å²) in [6.07, 6.45) is 2.16. The van der Waals surface area contributed by atoms with Crippen LogP contribution >= 0.6 is 0 Å². The molecule has 0 amide bonds. The van der Waals surface area contributed by atoms with Crippen LogP contribution in [-0.4, -0.2) is 34.4 Å². The highest BCUT2D eigenvalue weighted by atomic mass is 28.4. The summed E-state index contributed by atoms with van der Waals surface area (Å²) in [5.74, 6) is -0.108. The highest BCUT2D eigenvalue weighted by Gasteiger charge is 2.29. The van der Waals surface area contributed by atoms with Gasteiger partial charge in [-0.2, -0.15) is 0 Å². The van der Waals surface area contributed by atoms with Crippen LogP contribution in [0.3, 0.4) is 0 Å². The van der Waals surface area contributed by atoms with E-state index in [1.165, 1.54) is 0 Å². The minimum atomic E-state index is -2.03. The van der Waals surface area contributed by atoms with Gasteiger partial charge in [0.05, 0.1) is 6.61 Å². The zero-order valence-corrected chi connectivity index (χ0v) is 12.6. The fourth-order valence-electron chi connectivity index (χ4n) is 1.65. The second-order valence-electron chi connectivity index (χ2n) is 4.07. The monoisotopic (exact) mass is 262 g/mol. The molecule has 0 radical (unpaired) electrons. The van der Waals surface area contributed by atoms with Crippen LogP contribution in [0.2, 0.25) is 12.6 Å². The van der Waals surface area contributed by atoms with Gasteiger partial charge in [-0.25, -0.2) is 0 Å². The molecule has 0 spiro atoms. The van der Waals surface area contributed by atoms with Gasteiger partial charge in [0.15, 0.2) is 0 Å². The maximum Gasteiger partial charge on any atom is 0.335 e. The van der Waals surface area contributed by atoms with Gasteiger partial charge < -0.3 is 13.6 Å². The average Bonchev–Trinajstić information content (AvgIpc) is 2.26. The molecule has 0 atom stereocenters. The summed E-state index contributed by atoms with van der Waals surface area (Å²) in [5, 5.41) is 0. The zero-order valence-electron chi connectivity index (χ0n) is 11.6. The van der Waals surface area contributed by atoms with Crippen molar-refractivity contribution in [2.24, 2.45) is 0 Å². The molecule has 0 aromatic rings. The van der Waals surface area contributed by atoms with Gasteiger partial charge in [0.25, 0.3) is 0 Å². The Morgan fingerprint density at radius 3 is 2.18 bits per heavy atom. The van der Waals surface area contributed by atoms with Crippen LogP contribution in [0.25, 0.3) is 0 Å². The van der Waals surface area contributed by atoms with Gasteiger partial charge in [-0.3, -0.25) is 4.79 Å². The molecule has 17 heavy (non-hydrogen) atoms. The third-order valence-electron chi connectivity index (χ3n) is 2.39. The molecule has 0 aliphatic carbocycles. The molecule has 0 aromatic carbocycles. The van der Waals surface area contributed by atoms with Crippen molar-refractivity contribution < 1.29 is 18.4 Å². The first-order chi connectivity index (χ1) is 8.08. The first-order valence-corrected chi connectivity index (χ1v) is 9.03. The highest BCUT2D eigenvalue weighted by molar-refractivity contribution is 6.66. The first kappa shape index (κ1) is 16.6. The van der Waals surface area contributed by atoms with Crippen molar-refractivity contribution in [1.29, 1.82) is 0 Å². The van der Waals surface area contributed by atoms with Gasteiger partial charge in [-0.15, -0.1) is 0 Å². The lowest BCUT2D eigenvalue weighted by Crippen LogP contribution is -2.38. The second-order valence-corrected chi connectivity index (χ2v) is 7.42. The summed E-state index contributed by atoms with van der Waals surface area (Å²) in [6.45, 7) is 9.82. The Balaban J connectivity index is 3.78. The number of esters is 1. The maximum atomic E-state index is 11.1. The predicted octanol–water partition coefficient (Wildman–Crippen LogP) is 2.86. The molecule has 0 saturated heterocycles. The van der Waals surface area contributed by atoms with Crippen LogP contribution in [0.4, 0.5) is 0 Å². The molecule has 0 fully saturated rings. The molecule has 0 heterocycles. The topological polar surface area (TPSA) is 44.8 Å². The van der Waals surface area contributed by atoms with Crippen molar-refractivity contribution in [3.8, 4) is 0 Å². The minimum absolute atomic E-state index is 0.108. The fraction of sp³-hybridized carbons (Fsp3) is 0.917. The first-order valence-electron chi connectivity index (χ1n) is 6.51. The van der Waals surface area contributed by atoms with Crippen molar-refractivity contribution in [3.05, 3.63) is 0 Å². The van der Waals surface area contributed by atoms with E-state index in [2.05, 4.69) is 6.55 Å². The standard InChI is InChI=1S/C12H26O4Si/c1-5-9-12(13)14-10-8-11-17(4,15-6-2)16-7-3/h5-11H2,1-4H3. The van der Waals surface area contributed by atoms with Crippen LogP contribution in [-0.2, 0) is 18.4 Å². The predicted molar refractivity (Wildman–Crippen MR) is 70.2 cm³/mol. The number of hydrogen-bond acceptors (Lipinski definition) is 4. The van der Waals surface area contributed by atoms with Crippen molar-refractivity contribution in [2.75, 3.05) is 19.8 Å². The van der Waals surface area contributed by atoms with E-state index >= 15 is 0 Å². The number of carbonyl (C=O) groups excluding carboxylic acids is 1. The van der Waals surface area contributed by atoms with E-state index in [0.717, 1.165) is 18.9 Å². The molecule has 5 heteroatoms. The summed E-state index contributed by atoms with van der Waals surface area (Å²) in [7, 11) is -2.03. The number of ether oxygens (including phenoxy) is 1. The molecule has 0 aromatic heterocycles. The lowest BCUT2D eigenvalue weighted by atomic mass is 10.3. The molecule has 4 nitrogen and oxygen atoms in total. The van der Waals surface area contributed by atoms with Crippen LogP contribution < -0.4 is 0 Å². The van der Waals surface area contributed by atoms with Crippen LogP contribution in [0.5, 0.6) is 0 Å². The van der Waals surface area contributed by atoms with Crippen LogP contribution in [0.15, 0.2) is 0 Å². The number of hydrogen-bond donors (Lipinski definition) is 0. The Morgan fingerprint density at radius 1 is 1.12 bits per heavy atom. The Kier molecular flexibility index (Phi) is 9.40. The van der Waals surface area contributed by atoms with Gasteiger partial charge >= 0.3 is 14.5 Å². The molecule has 0 unspecified atom stereocenters. The molecule has 0 bridgehead atoms. The summed E-state index contributed by atoms with van der Waals surface area (Å²) >= 11 is 0. The largest absolute Gasteiger partial charge is 0.466 e. The minimum Gasteiger partial charge on any atom is -0.466 e. The van der Waals surface area contributed by atoms with E-state index in [1.807, 2.05) is 20.8 Å². The van der Waals surface area contributed by atoms with Gasteiger partial charge in [0.1, 0.15) is 0 Å². The Bertz CT molecular complexity index is 203. The molecule has 0 aliphatic heterocycles. The number of rotatable bonds is 10. The van der Waals surface area contributed by atoms with E-state index < -0.39 is 8.56 Å². The second kappa shape index (κ2) is 9.62. The fourth-order valence-corrected chi connectivity index (χ4v) is 4.03. The van der Waals surface area contributed by atoms with E-state index in [9.17, 15) is 4.79 Å². The maximum absolute atomic E-state index is 11.1. The summed E-state index contributed by atoms with van der Waals surface area (Å²) < 4.78 is 16.5. The summed E-state index contributed by atoms with van der Waals surface area (Å²) in [4.78, 5) is 11.1. The normalized spacial score (nSPS) is 11.5. The smallest absolute Gasteiger partial charge is 0.335 e. The Hall–Kier alpha value is -0.393. The van der Waals surface area contributed by atoms with Crippen LogP contribution in [0, 0.1) is 0 Å². The zero-order chi connectivity index (χ0) is 13.1. The SMILES string of the molecule is CCCC(=O)OCCC[Si](C)(OCC)OCC. The van der Waals surface area contributed by atoms with Crippen LogP contribution in [0.1, 0.15) is 40.0 Å². The molecular weight excluding hydrogens is 236 g/mol. The van der Waals surface area contributed by atoms with Gasteiger partial charge in [-0.05, 0) is 39.3 Å². The highest BCUT2D eigenvalue weighted by Crippen LogP contribution is 2.15. The van der Waals surface area contributed by atoms with Crippen molar-refractivity contribution in [3.63, 3.8) is 0 Å². The van der Waals surface area contributed by atoms with E-state index in [4.69, 9.17) is 13.6 Å². The van der Waals surface area contributed by atoms with Crippen molar-refractivity contribution >= 4 is 14.5 Å². The van der Waals surface area contributed by atoms with E-state index in [0.29, 0.717) is 26.2 Å². The molecule has 0 aliphatic rings. The van der Waals surface area contributed by atoms with Crippen molar-refractivity contribution in [2.45, 2.75) is 52.6 Å². The molecule has 0 N–H and O–H groups in total. The lowest BCUT2D eigenvalue weighted by molar-refractivity contribution is -0.143. The molecule has 0 saturated carbocycles. The van der Waals surface area contributed by atoms with Crippen molar-refractivity contribution in [1.82, 2.24) is 0 Å². The summed E-state index contributed by atoms with van der Waals surface area (Å²) in [6, 6.07) is 0.869. The molecular formula is C12H26O4Si. The third-order valence-corrected chi connectivity index (χ3v) is 5.45. The lowest BCUT2D eigenvalue weighted by Gasteiger charge is -2.25. The van der Waals surface area contributed by atoms with E-state index in [-0.39, 0.29) is 5.97 Å². The molecule has 102 valence electrons. The summed E-state index contributed by atoms with van der Waals surface area (Å²) in [5.41, 5.74) is 0. The number of carbonyl (C=O) groups is 1. The molecule has 0 rings (SSSR count). The van der Waals surface area contributed by atoms with E-state index in [1.54, 1.807) is 0 Å². The van der Waals surface area contributed by atoms with Gasteiger partial charge in [0, 0.05) is 19.6 Å². The third kappa shape index (κ3) is 8.35. The quantitative estimate of drug-likeness (QED) is 0.345. The Morgan fingerprint density at radius 2 is 1.71 bits per heavy atom. The van der Waals surface area contributed by atoms with Gasteiger partial charge in [-0.1, -0.05) is 6.92 Å². The average molecular weight is 262 g/mol.